The molecule has 0 amide bonds. The minimum Gasteiger partial charge on any atom is -0.351 e. The van der Waals surface area contributed by atoms with E-state index in [1.54, 1.807) is 30.9 Å². The van der Waals surface area contributed by atoms with Crippen molar-refractivity contribution < 1.29 is 4.39 Å². The summed E-state index contributed by atoms with van der Waals surface area (Å²) in [7, 11) is 0. The second-order valence-corrected chi connectivity index (χ2v) is 8.48. The number of anilines is 2. The lowest BCUT2D eigenvalue weighted by Gasteiger charge is -2.35. The van der Waals surface area contributed by atoms with Crippen LogP contribution in [0.15, 0.2) is 67.6 Å². The summed E-state index contributed by atoms with van der Waals surface area (Å²) in [6.45, 7) is 6.06. The molecule has 4 aromatic heterocycles. The van der Waals surface area contributed by atoms with Gasteiger partial charge in [-0.15, -0.1) is 0 Å². The Bertz CT molecular complexity index is 1450. The number of halogens is 1. The van der Waals surface area contributed by atoms with E-state index in [1.165, 1.54) is 12.1 Å². The van der Waals surface area contributed by atoms with E-state index < -0.39 is 0 Å². The van der Waals surface area contributed by atoms with E-state index in [1.807, 2.05) is 27.8 Å². The van der Waals surface area contributed by atoms with Gasteiger partial charge in [-0.1, -0.05) is 12.1 Å². The lowest BCUT2D eigenvalue weighted by Crippen LogP contribution is -2.47. The number of rotatable bonds is 5. The van der Waals surface area contributed by atoms with E-state index in [2.05, 4.69) is 47.9 Å². The van der Waals surface area contributed by atoms with Gasteiger partial charge in [0, 0.05) is 74.2 Å². The van der Waals surface area contributed by atoms with Gasteiger partial charge in [-0.3, -0.25) is 4.68 Å². The molecule has 0 radical (unpaired) electrons. The third kappa shape index (κ3) is 4.07. The average molecular weight is 470 g/mol. The van der Waals surface area contributed by atoms with Crippen molar-refractivity contribution >= 4 is 17.3 Å². The molecule has 0 bridgehead atoms. The molecular formula is C25H24FN9. The molecular weight excluding hydrogens is 445 g/mol. The summed E-state index contributed by atoms with van der Waals surface area (Å²) in [6.07, 6.45) is 11.1. The second-order valence-electron chi connectivity index (χ2n) is 8.48. The van der Waals surface area contributed by atoms with E-state index >= 15 is 0 Å². The second kappa shape index (κ2) is 8.79. The molecule has 1 saturated heterocycles. The Balaban J connectivity index is 1.17. The summed E-state index contributed by atoms with van der Waals surface area (Å²) < 4.78 is 17.0. The van der Waals surface area contributed by atoms with Gasteiger partial charge < -0.3 is 9.80 Å². The van der Waals surface area contributed by atoms with Crippen molar-refractivity contribution in [1.82, 2.24) is 34.3 Å². The maximum absolute atomic E-state index is 13.2. The Morgan fingerprint density at radius 3 is 2.23 bits per heavy atom. The minimum absolute atomic E-state index is 0.255. The molecule has 10 heteroatoms. The van der Waals surface area contributed by atoms with Gasteiger partial charge in [0.05, 0.1) is 6.20 Å². The molecule has 0 unspecified atom stereocenters. The largest absolute Gasteiger partial charge is 0.351 e. The molecule has 176 valence electrons. The van der Waals surface area contributed by atoms with Crippen LogP contribution in [0.1, 0.15) is 6.92 Å². The Morgan fingerprint density at radius 1 is 0.771 bits per heavy atom. The number of aryl methyl sites for hydroxylation is 1. The van der Waals surface area contributed by atoms with Crippen molar-refractivity contribution in [3.05, 3.63) is 73.5 Å². The van der Waals surface area contributed by atoms with Gasteiger partial charge in [0.2, 0.25) is 5.95 Å². The summed E-state index contributed by atoms with van der Waals surface area (Å²) >= 11 is 0. The van der Waals surface area contributed by atoms with Crippen LogP contribution in [0, 0.1) is 5.82 Å². The molecule has 5 heterocycles. The lowest BCUT2D eigenvalue weighted by atomic mass is 10.1. The first-order valence-electron chi connectivity index (χ1n) is 11.6. The fourth-order valence-corrected chi connectivity index (χ4v) is 4.40. The first kappa shape index (κ1) is 21.2. The van der Waals surface area contributed by atoms with Crippen LogP contribution in [0.2, 0.25) is 0 Å². The molecule has 0 N–H and O–H groups in total. The van der Waals surface area contributed by atoms with Crippen LogP contribution in [-0.4, -0.2) is 60.5 Å². The van der Waals surface area contributed by atoms with Gasteiger partial charge in [0.15, 0.2) is 5.82 Å². The molecule has 0 atom stereocenters. The number of hydrogen-bond acceptors (Lipinski definition) is 7. The third-order valence-electron chi connectivity index (χ3n) is 6.35. The summed E-state index contributed by atoms with van der Waals surface area (Å²) in [4.78, 5) is 18.2. The van der Waals surface area contributed by atoms with Crippen molar-refractivity contribution in [3.63, 3.8) is 0 Å². The minimum atomic E-state index is -0.255. The van der Waals surface area contributed by atoms with E-state index in [0.29, 0.717) is 5.95 Å². The predicted octanol–water partition coefficient (Wildman–Crippen LogP) is 3.54. The molecule has 1 fully saturated rings. The third-order valence-corrected chi connectivity index (χ3v) is 6.35. The fraction of sp³-hybridized carbons (Fsp3) is 0.240. The van der Waals surface area contributed by atoms with Crippen LogP contribution in [-0.2, 0) is 6.54 Å². The van der Waals surface area contributed by atoms with Crippen molar-refractivity contribution in [2.45, 2.75) is 13.5 Å². The normalized spacial score (nSPS) is 14.1. The zero-order valence-corrected chi connectivity index (χ0v) is 19.3. The molecule has 0 aliphatic carbocycles. The Labute approximate surface area is 201 Å². The number of benzene rings is 1. The van der Waals surface area contributed by atoms with Crippen LogP contribution in [0.4, 0.5) is 16.2 Å². The predicted molar refractivity (Wildman–Crippen MR) is 132 cm³/mol. The SMILES string of the molecule is CCn1cc(-c2cc3c(N4CCN(c5ncc(-c6ccc(F)cc6)cn5)CC4)ncnn3c2)cn1. The van der Waals surface area contributed by atoms with Crippen LogP contribution >= 0.6 is 0 Å². The number of piperazine rings is 1. The van der Waals surface area contributed by atoms with Crippen LogP contribution < -0.4 is 9.80 Å². The van der Waals surface area contributed by atoms with Crippen LogP contribution in [0.5, 0.6) is 0 Å². The topological polar surface area (TPSA) is 80.3 Å². The Hall–Kier alpha value is -4.34. The molecule has 0 saturated carbocycles. The first-order chi connectivity index (χ1) is 17.2. The van der Waals surface area contributed by atoms with Crippen molar-refractivity contribution in [2.75, 3.05) is 36.0 Å². The monoisotopic (exact) mass is 469 g/mol. The summed E-state index contributed by atoms with van der Waals surface area (Å²) in [5.74, 6) is 1.36. The fourth-order valence-electron chi connectivity index (χ4n) is 4.40. The molecule has 1 aromatic carbocycles. The van der Waals surface area contributed by atoms with E-state index in [-0.39, 0.29) is 5.82 Å². The number of fused-ring (bicyclic) bond motifs is 1. The zero-order valence-electron chi connectivity index (χ0n) is 19.3. The average Bonchev–Trinajstić information content (AvgIpc) is 3.56. The van der Waals surface area contributed by atoms with Gasteiger partial charge in [-0.05, 0) is 30.7 Å². The molecule has 0 spiro atoms. The highest BCUT2D eigenvalue weighted by molar-refractivity contribution is 5.77. The van der Waals surface area contributed by atoms with Gasteiger partial charge in [-0.2, -0.15) is 10.2 Å². The van der Waals surface area contributed by atoms with Gasteiger partial charge in [0.25, 0.3) is 0 Å². The highest BCUT2D eigenvalue weighted by Gasteiger charge is 2.22. The van der Waals surface area contributed by atoms with Gasteiger partial charge in [0.1, 0.15) is 17.7 Å². The molecule has 6 rings (SSSR count). The quantitative estimate of drug-likeness (QED) is 0.390. The number of aromatic nitrogens is 7. The standard InChI is InChI=1S/C25H24FN9/c1-2-34-15-21(14-30-34)19-11-23-24(29-17-31-35(23)16-19)32-7-9-33(10-8-32)25-27-12-20(13-28-25)18-3-5-22(26)6-4-18/h3-6,11-17H,2,7-10H2,1H3. The first-order valence-corrected chi connectivity index (χ1v) is 11.6. The maximum atomic E-state index is 13.2. The molecule has 1 aliphatic rings. The zero-order chi connectivity index (χ0) is 23.8. The van der Waals surface area contributed by atoms with Crippen molar-refractivity contribution in [1.29, 1.82) is 0 Å². The van der Waals surface area contributed by atoms with E-state index in [0.717, 1.165) is 66.3 Å². The summed E-state index contributed by atoms with van der Waals surface area (Å²) in [5.41, 5.74) is 4.86. The molecule has 35 heavy (non-hydrogen) atoms. The Kier molecular flexibility index (Phi) is 5.32. The number of nitrogens with zero attached hydrogens (tertiary/aromatic N) is 9. The van der Waals surface area contributed by atoms with Crippen LogP contribution in [0.25, 0.3) is 27.8 Å². The lowest BCUT2D eigenvalue weighted by molar-refractivity contribution is 0.628. The smallest absolute Gasteiger partial charge is 0.225 e. The maximum Gasteiger partial charge on any atom is 0.225 e. The highest BCUT2D eigenvalue weighted by atomic mass is 19.1. The van der Waals surface area contributed by atoms with E-state index in [9.17, 15) is 4.39 Å². The molecule has 9 nitrogen and oxygen atoms in total. The van der Waals surface area contributed by atoms with Gasteiger partial charge in [-0.25, -0.2) is 23.9 Å². The van der Waals surface area contributed by atoms with Crippen LogP contribution in [0.3, 0.4) is 0 Å². The molecule has 1 aliphatic heterocycles. The van der Waals surface area contributed by atoms with E-state index in [4.69, 9.17) is 0 Å². The van der Waals surface area contributed by atoms with Crippen molar-refractivity contribution in [3.8, 4) is 22.3 Å². The number of hydrogen-bond donors (Lipinski definition) is 0. The highest BCUT2D eigenvalue weighted by Crippen LogP contribution is 2.27. The van der Waals surface area contributed by atoms with Crippen molar-refractivity contribution in [2.24, 2.45) is 0 Å². The van der Waals surface area contributed by atoms with Gasteiger partial charge >= 0.3 is 0 Å². The molecule has 5 aromatic rings. The summed E-state index contributed by atoms with van der Waals surface area (Å²) in [5, 5.41) is 8.80. The summed E-state index contributed by atoms with van der Waals surface area (Å²) in [6, 6.07) is 8.48. The Morgan fingerprint density at radius 2 is 1.51 bits per heavy atom.